The molecule has 1 aliphatic rings. The van der Waals surface area contributed by atoms with E-state index < -0.39 is 5.97 Å². The van der Waals surface area contributed by atoms with Gasteiger partial charge in [0.05, 0.1) is 4.34 Å². The van der Waals surface area contributed by atoms with Crippen molar-refractivity contribution >= 4 is 28.9 Å². The monoisotopic (exact) mass is 301 g/mol. The fraction of sp³-hybridized carbons (Fsp3) is 0.643. The Kier molecular flexibility index (Phi) is 5.25. The molecule has 0 radical (unpaired) electrons. The molecule has 1 aromatic heterocycles. The fourth-order valence-electron chi connectivity index (χ4n) is 2.80. The summed E-state index contributed by atoms with van der Waals surface area (Å²) in [5.74, 6) is 0.0715. The highest BCUT2D eigenvalue weighted by Gasteiger charge is 2.26. The molecule has 2 rings (SSSR count). The van der Waals surface area contributed by atoms with E-state index in [2.05, 4.69) is 17.9 Å². The molecule has 0 saturated carbocycles. The number of aliphatic carboxylic acids is 1. The van der Waals surface area contributed by atoms with Crippen molar-refractivity contribution < 1.29 is 9.90 Å². The number of carboxylic acid groups (broad SMARTS) is 1. The normalized spacial score (nSPS) is 22.3. The predicted molar refractivity (Wildman–Crippen MR) is 78.7 cm³/mol. The molecule has 5 heteroatoms. The molecule has 0 aliphatic carbocycles. The van der Waals surface area contributed by atoms with E-state index >= 15 is 0 Å². The van der Waals surface area contributed by atoms with Crippen molar-refractivity contribution in [2.24, 2.45) is 11.8 Å². The first-order valence-electron chi connectivity index (χ1n) is 6.73. The zero-order chi connectivity index (χ0) is 13.8. The van der Waals surface area contributed by atoms with E-state index in [1.54, 1.807) is 11.3 Å². The van der Waals surface area contributed by atoms with Crippen LogP contribution in [0, 0.1) is 11.8 Å². The van der Waals surface area contributed by atoms with E-state index in [4.69, 9.17) is 16.7 Å². The minimum absolute atomic E-state index is 0.257. The van der Waals surface area contributed by atoms with Crippen LogP contribution in [-0.2, 0) is 11.3 Å². The summed E-state index contributed by atoms with van der Waals surface area (Å²) < 4.78 is 0.836. The summed E-state index contributed by atoms with van der Waals surface area (Å²) in [5.41, 5.74) is 0. The van der Waals surface area contributed by atoms with Crippen molar-refractivity contribution in [3.8, 4) is 0 Å². The van der Waals surface area contributed by atoms with Gasteiger partial charge in [-0.2, -0.15) is 0 Å². The number of thiophene rings is 1. The van der Waals surface area contributed by atoms with E-state index in [0.29, 0.717) is 5.92 Å². The molecule has 2 unspecified atom stereocenters. The van der Waals surface area contributed by atoms with Gasteiger partial charge in [-0.3, -0.25) is 9.69 Å². The lowest BCUT2D eigenvalue weighted by molar-refractivity contribution is -0.138. The molecule has 1 fully saturated rings. The minimum Gasteiger partial charge on any atom is -0.481 e. The summed E-state index contributed by atoms with van der Waals surface area (Å²) >= 11 is 7.58. The molecular weight excluding hydrogens is 282 g/mol. The first-order valence-corrected chi connectivity index (χ1v) is 7.92. The van der Waals surface area contributed by atoms with Crippen LogP contribution in [0.1, 0.15) is 31.1 Å². The molecule has 0 amide bonds. The summed E-state index contributed by atoms with van der Waals surface area (Å²) in [6, 6.07) is 4.02. The van der Waals surface area contributed by atoms with Crippen LogP contribution in [0.2, 0.25) is 4.34 Å². The molecule has 1 aliphatic heterocycles. The first kappa shape index (κ1) is 14.8. The number of hydrogen-bond acceptors (Lipinski definition) is 3. The second-order valence-corrected chi connectivity index (χ2v) is 7.22. The summed E-state index contributed by atoms with van der Waals surface area (Å²) in [6.45, 7) is 5.10. The highest BCUT2D eigenvalue weighted by atomic mass is 35.5. The van der Waals surface area contributed by atoms with Crippen molar-refractivity contribution in [2.75, 3.05) is 13.1 Å². The Morgan fingerprint density at radius 1 is 1.63 bits per heavy atom. The third-order valence-electron chi connectivity index (χ3n) is 3.85. The Morgan fingerprint density at radius 3 is 3.05 bits per heavy atom. The number of nitrogens with zero attached hydrogens (tertiary/aromatic N) is 1. The van der Waals surface area contributed by atoms with Crippen molar-refractivity contribution in [1.29, 1.82) is 0 Å². The van der Waals surface area contributed by atoms with Gasteiger partial charge in [-0.1, -0.05) is 18.5 Å². The molecule has 2 heterocycles. The third kappa shape index (κ3) is 4.48. The summed E-state index contributed by atoms with van der Waals surface area (Å²) in [7, 11) is 0. The van der Waals surface area contributed by atoms with Gasteiger partial charge >= 0.3 is 5.97 Å². The zero-order valence-corrected chi connectivity index (χ0v) is 12.7. The maximum atomic E-state index is 10.8. The Labute approximate surface area is 123 Å². The highest BCUT2D eigenvalue weighted by molar-refractivity contribution is 7.16. The molecule has 1 N–H and O–H groups in total. The van der Waals surface area contributed by atoms with Gasteiger partial charge in [0, 0.05) is 24.4 Å². The van der Waals surface area contributed by atoms with Gasteiger partial charge in [-0.25, -0.2) is 0 Å². The van der Waals surface area contributed by atoms with Crippen LogP contribution in [0.15, 0.2) is 12.1 Å². The summed E-state index contributed by atoms with van der Waals surface area (Å²) in [4.78, 5) is 14.5. The number of hydrogen-bond donors (Lipinski definition) is 1. The second-order valence-electron chi connectivity index (χ2n) is 5.42. The van der Waals surface area contributed by atoms with E-state index in [1.165, 1.54) is 4.88 Å². The average Bonchev–Trinajstić information content (AvgIpc) is 2.74. The molecule has 19 heavy (non-hydrogen) atoms. The lowest BCUT2D eigenvalue weighted by Crippen LogP contribution is -2.37. The van der Waals surface area contributed by atoms with Crippen molar-refractivity contribution in [2.45, 2.75) is 32.7 Å². The van der Waals surface area contributed by atoms with E-state index in [-0.39, 0.29) is 12.3 Å². The van der Waals surface area contributed by atoms with Crippen molar-refractivity contribution in [3.05, 3.63) is 21.3 Å². The Hall–Kier alpha value is -0.580. The van der Waals surface area contributed by atoms with Gasteiger partial charge in [0.2, 0.25) is 0 Å². The van der Waals surface area contributed by atoms with Crippen LogP contribution < -0.4 is 0 Å². The molecule has 0 aromatic carbocycles. The highest BCUT2D eigenvalue weighted by Crippen LogP contribution is 2.29. The van der Waals surface area contributed by atoms with E-state index in [9.17, 15) is 4.79 Å². The standard InChI is InChI=1S/C14H20ClNO2S/c1-10(7-14(17)18)11-3-2-6-16(8-11)9-12-4-5-13(15)19-12/h4-5,10-11H,2-3,6-9H2,1H3,(H,17,18). The zero-order valence-electron chi connectivity index (χ0n) is 11.1. The van der Waals surface area contributed by atoms with Crippen LogP contribution >= 0.6 is 22.9 Å². The van der Waals surface area contributed by atoms with E-state index in [0.717, 1.165) is 36.8 Å². The van der Waals surface area contributed by atoms with Crippen molar-refractivity contribution in [3.63, 3.8) is 0 Å². The number of piperidine rings is 1. The predicted octanol–water partition coefficient (Wildman–Crippen LogP) is 3.72. The topological polar surface area (TPSA) is 40.5 Å². The molecule has 1 saturated heterocycles. The first-order chi connectivity index (χ1) is 9.04. The van der Waals surface area contributed by atoms with Crippen LogP contribution in [0.5, 0.6) is 0 Å². The molecule has 0 bridgehead atoms. The van der Waals surface area contributed by atoms with Gasteiger partial charge in [-0.15, -0.1) is 11.3 Å². The maximum absolute atomic E-state index is 10.8. The molecular formula is C14H20ClNO2S. The van der Waals surface area contributed by atoms with Crippen LogP contribution in [0.4, 0.5) is 0 Å². The van der Waals surface area contributed by atoms with E-state index in [1.807, 2.05) is 6.07 Å². The molecule has 106 valence electrons. The molecule has 2 atom stereocenters. The van der Waals surface area contributed by atoms with Gasteiger partial charge in [-0.05, 0) is 43.4 Å². The average molecular weight is 302 g/mol. The van der Waals surface area contributed by atoms with Crippen LogP contribution in [-0.4, -0.2) is 29.1 Å². The van der Waals surface area contributed by atoms with Gasteiger partial charge in [0.25, 0.3) is 0 Å². The summed E-state index contributed by atoms with van der Waals surface area (Å²) in [6.07, 6.45) is 2.59. The Balaban J connectivity index is 1.88. The SMILES string of the molecule is CC(CC(=O)O)C1CCCN(Cc2ccc(Cl)s2)C1. The van der Waals surface area contributed by atoms with Crippen LogP contribution in [0.3, 0.4) is 0 Å². The molecule has 1 aromatic rings. The molecule has 3 nitrogen and oxygen atoms in total. The number of carboxylic acids is 1. The smallest absolute Gasteiger partial charge is 0.303 e. The van der Waals surface area contributed by atoms with Gasteiger partial charge in [0.15, 0.2) is 0 Å². The number of rotatable bonds is 5. The largest absolute Gasteiger partial charge is 0.481 e. The maximum Gasteiger partial charge on any atom is 0.303 e. The summed E-state index contributed by atoms with van der Waals surface area (Å²) in [5, 5.41) is 8.89. The Morgan fingerprint density at radius 2 is 2.42 bits per heavy atom. The fourth-order valence-corrected chi connectivity index (χ4v) is 3.93. The quantitative estimate of drug-likeness (QED) is 0.901. The molecule has 0 spiro atoms. The van der Waals surface area contributed by atoms with Crippen LogP contribution in [0.25, 0.3) is 0 Å². The number of likely N-dealkylation sites (tertiary alicyclic amines) is 1. The minimum atomic E-state index is -0.685. The Bertz CT molecular complexity index is 435. The van der Waals surface area contributed by atoms with Crippen molar-refractivity contribution in [1.82, 2.24) is 4.90 Å². The third-order valence-corrected chi connectivity index (χ3v) is 5.07. The second kappa shape index (κ2) is 6.73. The lowest BCUT2D eigenvalue weighted by Gasteiger charge is -2.35. The van der Waals surface area contributed by atoms with Gasteiger partial charge in [0.1, 0.15) is 0 Å². The number of carbonyl (C=O) groups is 1. The number of halogens is 1. The van der Waals surface area contributed by atoms with Gasteiger partial charge < -0.3 is 5.11 Å². The lowest BCUT2D eigenvalue weighted by atomic mass is 9.84.